The summed E-state index contributed by atoms with van der Waals surface area (Å²) in [7, 11) is 1.66. The molecule has 1 N–H and O–H groups in total. The van der Waals surface area contributed by atoms with Crippen molar-refractivity contribution in [3.63, 3.8) is 0 Å². The van der Waals surface area contributed by atoms with Gasteiger partial charge in [0.25, 0.3) is 0 Å². The molecule has 3 heteroatoms. The predicted molar refractivity (Wildman–Crippen MR) is 60.9 cm³/mol. The normalized spacial score (nSPS) is 12.6. The first-order chi connectivity index (χ1) is 6.61. The van der Waals surface area contributed by atoms with E-state index in [1.54, 1.807) is 7.11 Å². The molecule has 1 rings (SSSR count). The van der Waals surface area contributed by atoms with Gasteiger partial charge >= 0.3 is 0 Å². The van der Waals surface area contributed by atoms with E-state index >= 15 is 0 Å². The number of benzene rings is 1. The van der Waals surface area contributed by atoms with Crippen LogP contribution in [0.25, 0.3) is 0 Å². The third-order valence-electron chi connectivity index (χ3n) is 2.31. The Labute approximate surface area is 93.0 Å². The highest BCUT2D eigenvalue weighted by Gasteiger charge is 2.15. The molecule has 0 aromatic heterocycles. The molecule has 0 radical (unpaired) electrons. The van der Waals surface area contributed by atoms with Crippen molar-refractivity contribution in [1.29, 1.82) is 0 Å². The molecule has 0 aliphatic heterocycles. The molecule has 1 aromatic carbocycles. The average molecular weight is 259 g/mol. The van der Waals surface area contributed by atoms with E-state index in [-0.39, 0.29) is 12.5 Å². The van der Waals surface area contributed by atoms with Crippen LogP contribution in [-0.4, -0.2) is 18.8 Å². The van der Waals surface area contributed by atoms with Gasteiger partial charge in [-0.1, -0.05) is 28.9 Å². The van der Waals surface area contributed by atoms with Gasteiger partial charge in [-0.05, 0) is 18.6 Å². The number of hydrogen-bond acceptors (Lipinski definition) is 2. The maximum atomic E-state index is 9.15. The molecule has 0 amide bonds. The first-order valence-electron chi connectivity index (χ1n) is 4.55. The van der Waals surface area contributed by atoms with Gasteiger partial charge in [-0.3, -0.25) is 0 Å². The highest BCUT2D eigenvalue weighted by Crippen LogP contribution is 2.35. The van der Waals surface area contributed by atoms with E-state index in [1.165, 1.54) is 0 Å². The highest BCUT2D eigenvalue weighted by atomic mass is 79.9. The third kappa shape index (κ3) is 2.10. The molecule has 0 heterocycles. The second-order valence-electron chi connectivity index (χ2n) is 3.39. The zero-order valence-corrected chi connectivity index (χ0v) is 10.3. The van der Waals surface area contributed by atoms with Gasteiger partial charge < -0.3 is 9.84 Å². The number of aryl methyl sites for hydroxylation is 1. The van der Waals surface area contributed by atoms with Crippen LogP contribution < -0.4 is 4.74 Å². The molecule has 2 nitrogen and oxygen atoms in total. The quantitative estimate of drug-likeness (QED) is 0.904. The summed E-state index contributed by atoms with van der Waals surface area (Å²) in [6.45, 7) is 4.10. The summed E-state index contributed by atoms with van der Waals surface area (Å²) < 4.78 is 6.33. The SMILES string of the molecule is COc1c(C)ccc(Br)c1C(C)CO. The van der Waals surface area contributed by atoms with Crippen molar-refractivity contribution in [2.75, 3.05) is 13.7 Å². The van der Waals surface area contributed by atoms with Crippen molar-refractivity contribution in [3.8, 4) is 5.75 Å². The average Bonchev–Trinajstić information content (AvgIpc) is 2.19. The topological polar surface area (TPSA) is 29.5 Å². The van der Waals surface area contributed by atoms with Crippen LogP contribution in [0.15, 0.2) is 16.6 Å². The number of ether oxygens (including phenoxy) is 1. The molecule has 0 aliphatic carbocycles. The van der Waals surface area contributed by atoms with Crippen molar-refractivity contribution in [2.24, 2.45) is 0 Å². The molecule has 1 atom stereocenters. The maximum Gasteiger partial charge on any atom is 0.126 e. The Morgan fingerprint density at radius 1 is 1.50 bits per heavy atom. The lowest BCUT2D eigenvalue weighted by Crippen LogP contribution is -2.04. The van der Waals surface area contributed by atoms with Crippen LogP contribution in [0.2, 0.25) is 0 Å². The molecule has 0 saturated heterocycles. The summed E-state index contributed by atoms with van der Waals surface area (Å²) in [5.41, 5.74) is 2.13. The third-order valence-corrected chi connectivity index (χ3v) is 3.00. The minimum Gasteiger partial charge on any atom is -0.496 e. The summed E-state index contributed by atoms with van der Waals surface area (Å²) in [4.78, 5) is 0. The Hall–Kier alpha value is -0.540. The number of methoxy groups -OCH3 is 1. The van der Waals surface area contributed by atoms with E-state index in [9.17, 15) is 0 Å². The van der Waals surface area contributed by atoms with Crippen LogP contribution in [0.1, 0.15) is 24.0 Å². The number of aliphatic hydroxyl groups is 1. The van der Waals surface area contributed by atoms with E-state index in [0.717, 1.165) is 21.3 Å². The first kappa shape index (κ1) is 11.5. The van der Waals surface area contributed by atoms with Crippen LogP contribution >= 0.6 is 15.9 Å². The van der Waals surface area contributed by atoms with Crippen molar-refractivity contribution >= 4 is 15.9 Å². The van der Waals surface area contributed by atoms with Gasteiger partial charge in [0.15, 0.2) is 0 Å². The van der Waals surface area contributed by atoms with E-state index in [0.29, 0.717) is 0 Å². The summed E-state index contributed by atoms with van der Waals surface area (Å²) in [5.74, 6) is 0.945. The molecule has 0 saturated carbocycles. The number of aliphatic hydroxyl groups excluding tert-OH is 1. The smallest absolute Gasteiger partial charge is 0.126 e. The van der Waals surface area contributed by atoms with Gasteiger partial charge in [0.2, 0.25) is 0 Å². The molecular formula is C11H15BrO2. The molecular weight excluding hydrogens is 244 g/mol. The van der Waals surface area contributed by atoms with Crippen LogP contribution in [-0.2, 0) is 0 Å². The fourth-order valence-corrected chi connectivity index (χ4v) is 2.21. The predicted octanol–water partition coefficient (Wildman–Crippen LogP) is 2.86. The standard InChI is InChI=1S/C11H15BrO2/c1-7-4-5-9(12)10(8(2)6-13)11(7)14-3/h4-5,8,13H,6H2,1-3H3. The highest BCUT2D eigenvalue weighted by molar-refractivity contribution is 9.10. The van der Waals surface area contributed by atoms with Crippen molar-refractivity contribution in [3.05, 3.63) is 27.7 Å². The molecule has 1 unspecified atom stereocenters. The zero-order valence-electron chi connectivity index (χ0n) is 8.67. The molecule has 14 heavy (non-hydrogen) atoms. The summed E-state index contributed by atoms with van der Waals surface area (Å²) in [5, 5.41) is 9.15. The second kappa shape index (κ2) is 4.80. The summed E-state index contributed by atoms with van der Waals surface area (Å²) in [6, 6.07) is 3.98. The van der Waals surface area contributed by atoms with E-state index in [2.05, 4.69) is 15.9 Å². The molecule has 0 spiro atoms. The number of hydrogen-bond donors (Lipinski definition) is 1. The maximum absolute atomic E-state index is 9.15. The van der Waals surface area contributed by atoms with Crippen molar-refractivity contribution in [2.45, 2.75) is 19.8 Å². The van der Waals surface area contributed by atoms with E-state index < -0.39 is 0 Å². The Bertz CT molecular complexity index is 323. The molecule has 1 aromatic rings. The van der Waals surface area contributed by atoms with Crippen LogP contribution in [0.5, 0.6) is 5.75 Å². The lowest BCUT2D eigenvalue weighted by atomic mass is 9.98. The zero-order chi connectivity index (χ0) is 10.7. The number of rotatable bonds is 3. The van der Waals surface area contributed by atoms with Gasteiger partial charge in [-0.15, -0.1) is 0 Å². The van der Waals surface area contributed by atoms with Gasteiger partial charge in [0, 0.05) is 22.6 Å². The second-order valence-corrected chi connectivity index (χ2v) is 4.25. The van der Waals surface area contributed by atoms with E-state index in [4.69, 9.17) is 9.84 Å². The summed E-state index contributed by atoms with van der Waals surface area (Å²) in [6.07, 6.45) is 0. The molecule has 0 fully saturated rings. The molecule has 78 valence electrons. The van der Waals surface area contributed by atoms with Gasteiger partial charge in [-0.25, -0.2) is 0 Å². The van der Waals surface area contributed by atoms with Gasteiger partial charge in [0.05, 0.1) is 7.11 Å². The first-order valence-corrected chi connectivity index (χ1v) is 5.35. The van der Waals surface area contributed by atoms with Crippen molar-refractivity contribution in [1.82, 2.24) is 0 Å². The minimum atomic E-state index is 0.0826. The monoisotopic (exact) mass is 258 g/mol. The van der Waals surface area contributed by atoms with Gasteiger partial charge in [0.1, 0.15) is 5.75 Å². The Morgan fingerprint density at radius 2 is 2.14 bits per heavy atom. The van der Waals surface area contributed by atoms with Crippen LogP contribution in [0, 0.1) is 6.92 Å². The Balaban J connectivity index is 3.29. The fourth-order valence-electron chi connectivity index (χ4n) is 1.51. The number of halogens is 1. The largest absolute Gasteiger partial charge is 0.496 e. The minimum absolute atomic E-state index is 0.0826. The fraction of sp³-hybridized carbons (Fsp3) is 0.455. The summed E-state index contributed by atoms with van der Waals surface area (Å²) >= 11 is 3.47. The van der Waals surface area contributed by atoms with Crippen LogP contribution in [0.4, 0.5) is 0 Å². The van der Waals surface area contributed by atoms with Crippen molar-refractivity contribution < 1.29 is 9.84 Å². The molecule has 0 aliphatic rings. The Morgan fingerprint density at radius 3 is 2.64 bits per heavy atom. The lowest BCUT2D eigenvalue weighted by molar-refractivity contribution is 0.269. The Kier molecular flexibility index (Phi) is 3.96. The van der Waals surface area contributed by atoms with E-state index in [1.807, 2.05) is 26.0 Å². The lowest BCUT2D eigenvalue weighted by Gasteiger charge is -2.17. The molecule has 0 bridgehead atoms. The van der Waals surface area contributed by atoms with Crippen LogP contribution in [0.3, 0.4) is 0 Å². The van der Waals surface area contributed by atoms with Gasteiger partial charge in [-0.2, -0.15) is 0 Å².